The first-order valence-electron chi connectivity index (χ1n) is 7.78. The van der Waals surface area contributed by atoms with Crippen molar-refractivity contribution in [1.82, 2.24) is 9.80 Å². The van der Waals surface area contributed by atoms with Gasteiger partial charge in [-0.05, 0) is 32.5 Å². The molecule has 0 radical (unpaired) electrons. The molecule has 0 atom stereocenters. The van der Waals surface area contributed by atoms with Gasteiger partial charge in [0, 0.05) is 35.5 Å². The molecule has 0 saturated carbocycles. The van der Waals surface area contributed by atoms with E-state index in [0.717, 1.165) is 49.3 Å². The number of carbonyl (C=O) groups excluding carboxylic acids is 1. The molecule has 0 bridgehead atoms. The molecule has 3 rings (SSSR count). The summed E-state index contributed by atoms with van der Waals surface area (Å²) in [5.74, 6) is 0.179. The minimum absolute atomic E-state index is 0.179. The van der Waals surface area contributed by atoms with E-state index in [1.165, 1.54) is 4.88 Å². The van der Waals surface area contributed by atoms with E-state index in [9.17, 15) is 4.79 Å². The Morgan fingerprint density at radius 1 is 1.09 bits per heavy atom. The highest BCUT2D eigenvalue weighted by Crippen LogP contribution is 2.33. The largest absolute Gasteiger partial charge is 0.337 e. The second-order valence-electron chi connectivity index (χ2n) is 5.90. The molecule has 2 heterocycles. The minimum atomic E-state index is 0.179. The van der Waals surface area contributed by atoms with Crippen LogP contribution in [-0.4, -0.2) is 48.9 Å². The van der Waals surface area contributed by atoms with E-state index in [-0.39, 0.29) is 5.91 Å². The number of amides is 1. The fraction of sp³-hybridized carbons (Fsp3) is 0.389. The third-order valence-corrected chi connectivity index (χ3v) is 5.19. The molecule has 0 unspecified atom stereocenters. The summed E-state index contributed by atoms with van der Waals surface area (Å²) in [5.41, 5.74) is 3.10. The van der Waals surface area contributed by atoms with E-state index < -0.39 is 0 Å². The Labute approximate surface area is 136 Å². The molecule has 2 aromatic rings. The van der Waals surface area contributed by atoms with Crippen LogP contribution in [0.5, 0.6) is 0 Å². The Morgan fingerprint density at radius 3 is 2.64 bits per heavy atom. The summed E-state index contributed by atoms with van der Waals surface area (Å²) in [5, 5.41) is 2.02. The van der Waals surface area contributed by atoms with Crippen molar-refractivity contribution in [3.63, 3.8) is 0 Å². The maximum Gasteiger partial charge on any atom is 0.255 e. The van der Waals surface area contributed by atoms with Gasteiger partial charge in [0.1, 0.15) is 0 Å². The number of likely N-dealkylation sites (N-methyl/N-ethyl adjacent to an activating group) is 1. The Kier molecular flexibility index (Phi) is 4.60. The first kappa shape index (κ1) is 15.3. The van der Waals surface area contributed by atoms with Crippen molar-refractivity contribution in [3.05, 3.63) is 46.2 Å². The van der Waals surface area contributed by atoms with E-state index in [2.05, 4.69) is 31.0 Å². The van der Waals surface area contributed by atoms with E-state index in [1.807, 2.05) is 28.5 Å². The molecule has 1 saturated heterocycles. The molecule has 116 valence electrons. The Hall–Kier alpha value is -1.65. The van der Waals surface area contributed by atoms with E-state index in [4.69, 9.17) is 0 Å². The molecule has 0 spiro atoms. The Bertz CT molecular complexity index is 650. The zero-order valence-electron chi connectivity index (χ0n) is 13.2. The van der Waals surface area contributed by atoms with Crippen LogP contribution in [0.2, 0.25) is 0 Å². The number of carbonyl (C=O) groups is 1. The Morgan fingerprint density at radius 2 is 1.86 bits per heavy atom. The minimum Gasteiger partial charge on any atom is -0.337 e. The van der Waals surface area contributed by atoms with Gasteiger partial charge in [0.05, 0.1) is 5.56 Å². The average Bonchev–Trinajstić information content (AvgIpc) is 2.78. The number of thiophene rings is 1. The third kappa shape index (κ3) is 3.08. The molecule has 1 amide bonds. The van der Waals surface area contributed by atoms with Gasteiger partial charge in [-0.3, -0.25) is 4.79 Å². The number of rotatable bonds is 2. The lowest BCUT2D eigenvalue weighted by Crippen LogP contribution is -2.34. The maximum absolute atomic E-state index is 13.0. The number of benzene rings is 1. The van der Waals surface area contributed by atoms with Gasteiger partial charge in [0.15, 0.2) is 0 Å². The van der Waals surface area contributed by atoms with Crippen LogP contribution < -0.4 is 0 Å². The van der Waals surface area contributed by atoms with Gasteiger partial charge < -0.3 is 9.80 Å². The molecule has 1 fully saturated rings. The SMILES string of the molecule is Cc1scc(C(=O)N2CCCN(C)CC2)c1-c1ccccc1. The predicted molar refractivity (Wildman–Crippen MR) is 92.5 cm³/mol. The van der Waals surface area contributed by atoms with Crippen LogP contribution in [0, 0.1) is 6.92 Å². The van der Waals surface area contributed by atoms with E-state index in [1.54, 1.807) is 11.3 Å². The number of nitrogens with zero attached hydrogens (tertiary/aromatic N) is 2. The van der Waals surface area contributed by atoms with Gasteiger partial charge in [0.25, 0.3) is 5.91 Å². The molecule has 0 aliphatic carbocycles. The summed E-state index contributed by atoms with van der Waals surface area (Å²) in [7, 11) is 2.12. The second kappa shape index (κ2) is 6.63. The van der Waals surface area contributed by atoms with Gasteiger partial charge in [-0.25, -0.2) is 0 Å². The summed E-state index contributed by atoms with van der Waals surface area (Å²) in [6, 6.07) is 10.2. The summed E-state index contributed by atoms with van der Waals surface area (Å²) in [6.07, 6.45) is 1.05. The topological polar surface area (TPSA) is 23.6 Å². The molecule has 3 nitrogen and oxygen atoms in total. The smallest absolute Gasteiger partial charge is 0.255 e. The van der Waals surface area contributed by atoms with Gasteiger partial charge in [-0.2, -0.15) is 0 Å². The summed E-state index contributed by atoms with van der Waals surface area (Å²) in [4.78, 5) is 18.5. The van der Waals surface area contributed by atoms with Gasteiger partial charge in [0.2, 0.25) is 0 Å². The lowest BCUT2D eigenvalue weighted by Gasteiger charge is -2.21. The van der Waals surface area contributed by atoms with Crippen molar-refractivity contribution in [2.75, 3.05) is 33.2 Å². The summed E-state index contributed by atoms with van der Waals surface area (Å²) in [6.45, 7) is 5.79. The van der Waals surface area contributed by atoms with Crippen LogP contribution in [0.15, 0.2) is 35.7 Å². The molecular weight excluding hydrogens is 292 g/mol. The average molecular weight is 314 g/mol. The molecule has 1 aromatic carbocycles. The van der Waals surface area contributed by atoms with Crippen LogP contribution >= 0.6 is 11.3 Å². The zero-order valence-corrected chi connectivity index (χ0v) is 14.0. The number of aryl methyl sites for hydroxylation is 1. The standard InChI is InChI=1S/C18H22N2OS/c1-14-17(15-7-4-3-5-8-15)16(13-22-14)18(21)20-10-6-9-19(2)11-12-20/h3-5,7-8,13H,6,9-12H2,1-2H3. The van der Waals surface area contributed by atoms with Crippen molar-refractivity contribution in [2.45, 2.75) is 13.3 Å². The van der Waals surface area contributed by atoms with Gasteiger partial charge >= 0.3 is 0 Å². The fourth-order valence-electron chi connectivity index (χ4n) is 3.00. The highest BCUT2D eigenvalue weighted by molar-refractivity contribution is 7.10. The number of hydrogen-bond acceptors (Lipinski definition) is 3. The second-order valence-corrected chi connectivity index (χ2v) is 6.98. The van der Waals surface area contributed by atoms with Crippen molar-refractivity contribution in [3.8, 4) is 11.1 Å². The fourth-order valence-corrected chi connectivity index (χ4v) is 3.85. The highest BCUT2D eigenvalue weighted by atomic mass is 32.1. The monoisotopic (exact) mass is 314 g/mol. The third-order valence-electron chi connectivity index (χ3n) is 4.27. The van der Waals surface area contributed by atoms with Crippen molar-refractivity contribution < 1.29 is 4.79 Å². The normalized spacial score (nSPS) is 16.5. The molecule has 1 aliphatic heterocycles. The van der Waals surface area contributed by atoms with Crippen molar-refractivity contribution >= 4 is 17.2 Å². The molecule has 0 N–H and O–H groups in total. The molecule has 1 aliphatic rings. The van der Waals surface area contributed by atoms with Crippen LogP contribution in [0.25, 0.3) is 11.1 Å². The van der Waals surface area contributed by atoms with Crippen LogP contribution in [0.4, 0.5) is 0 Å². The molecular formula is C18H22N2OS. The summed E-state index contributed by atoms with van der Waals surface area (Å²) < 4.78 is 0. The lowest BCUT2D eigenvalue weighted by atomic mass is 10.0. The van der Waals surface area contributed by atoms with E-state index in [0.29, 0.717) is 0 Å². The lowest BCUT2D eigenvalue weighted by molar-refractivity contribution is 0.0764. The molecule has 4 heteroatoms. The summed E-state index contributed by atoms with van der Waals surface area (Å²) >= 11 is 1.67. The van der Waals surface area contributed by atoms with Crippen LogP contribution in [0.1, 0.15) is 21.7 Å². The highest BCUT2D eigenvalue weighted by Gasteiger charge is 2.23. The van der Waals surface area contributed by atoms with Crippen LogP contribution in [-0.2, 0) is 0 Å². The molecule has 1 aromatic heterocycles. The van der Waals surface area contributed by atoms with Crippen LogP contribution in [0.3, 0.4) is 0 Å². The maximum atomic E-state index is 13.0. The van der Waals surface area contributed by atoms with E-state index >= 15 is 0 Å². The van der Waals surface area contributed by atoms with Gasteiger partial charge in [-0.1, -0.05) is 30.3 Å². The van der Waals surface area contributed by atoms with Crippen molar-refractivity contribution in [2.24, 2.45) is 0 Å². The predicted octanol–water partition coefficient (Wildman–Crippen LogP) is 3.50. The first-order valence-corrected chi connectivity index (χ1v) is 8.66. The quantitative estimate of drug-likeness (QED) is 0.847. The molecule has 22 heavy (non-hydrogen) atoms. The van der Waals surface area contributed by atoms with Gasteiger partial charge in [-0.15, -0.1) is 11.3 Å². The zero-order chi connectivity index (χ0) is 15.5. The first-order chi connectivity index (χ1) is 10.7. The van der Waals surface area contributed by atoms with Crippen molar-refractivity contribution in [1.29, 1.82) is 0 Å². The Balaban J connectivity index is 1.90. The number of hydrogen-bond donors (Lipinski definition) is 0.